The van der Waals surface area contributed by atoms with Gasteiger partial charge in [0.25, 0.3) is 0 Å². The molecule has 192 valence electrons. The monoisotopic (exact) mass is 633 g/mol. The predicted molar refractivity (Wildman–Crippen MR) is 163 cm³/mol. The van der Waals surface area contributed by atoms with Crippen LogP contribution in [0.4, 0.5) is 5.69 Å². The molecular weight excluding hydrogens is 609 g/mol. The normalized spacial score (nSPS) is 16.4. The van der Waals surface area contributed by atoms with Crippen molar-refractivity contribution in [2.45, 2.75) is 38.9 Å². The van der Waals surface area contributed by atoms with Crippen LogP contribution >= 0.6 is 31.9 Å². The lowest BCUT2D eigenvalue weighted by Gasteiger charge is -2.32. The van der Waals surface area contributed by atoms with Gasteiger partial charge in [-0.25, -0.2) is 0 Å². The molecule has 1 saturated heterocycles. The van der Waals surface area contributed by atoms with Crippen LogP contribution in [0.5, 0.6) is 0 Å². The van der Waals surface area contributed by atoms with E-state index in [1.54, 1.807) is 0 Å². The van der Waals surface area contributed by atoms with Gasteiger partial charge in [-0.15, -0.1) is 0 Å². The van der Waals surface area contributed by atoms with E-state index in [-0.39, 0.29) is 11.2 Å². The first-order valence-corrected chi connectivity index (χ1v) is 14.0. The van der Waals surface area contributed by atoms with E-state index in [4.69, 9.17) is 23.9 Å². The Kier molecular flexibility index (Phi) is 6.15. The minimum atomic E-state index is -0.434. The predicted octanol–water partition coefficient (Wildman–Crippen LogP) is 8.58. The number of rotatable bonds is 1. The summed E-state index contributed by atoms with van der Waals surface area (Å²) in [6.45, 7) is 8.23. The van der Waals surface area contributed by atoms with Gasteiger partial charge in [0.2, 0.25) is 0 Å². The lowest BCUT2D eigenvalue weighted by molar-refractivity contribution is 0.00578. The van der Waals surface area contributed by atoms with Gasteiger partial charge in [0.1, 0.15) is 16.7 Å². The van der Waals surface area contributed by atoms with Crippen molar-refractivity contribution in [3.63, 3.8) is 0 Å². The van der Waals surface area contributed by atoms with Gasteiger partial charge in [-0.2, -0.15) is 0 Å². The number of halogens is 2. The van der Waals surface area contributed by atoms with Crippen LogP contribution < -0.4 is 11.2 Å². The third kappa shape index (κ3) is 4.06. The van der Waals surface area contributed by atoms with Crippen molar-refractivity contribution < 1.29 is 18.1 Å². The van der Waals surface area contributed by atoms with E-state index in [9.17, 15) is 0 Å². The second-order valence-corrected chi connectivity index (χ2v) is 12.2. The van der Waals surface area contributed by atoms with Gasteiger partial charge >= 0.3 is 7.12 Å². The molecule has 0 bridgehead atoms. The summed E-state index contributed by atoms with van der Waals surface area (Å²) in [6.07, 6.45) is 0. The van der Waals surface area contributed by atoms with E-state index in [1.807, 2.05) is 66.7 Å². The largest absolute Gasteiger partial charge is 0.498 e. The molecule has 38 heavy (non-hydrogen) atoms. The summed E-state index contributed by atoms with van der Waals surface area (Å²) in [5.41, 5.74) is 10.0. The average Bonchev–Trinajstić information content (AvgIpc) is 3.52. The molecule has 1 fully saturated rings. The first kappa shape index (κ1) is 25.5. The Balaban J connectivity index is 0.000000152. The zero-order valence-corrected chi connectivity index (χ0v) is 24.6. The van der Waals surface area contributed by atoms with Crippen LogP contribution in [0.15, 0.2) is 90.6 Å². The van der Waals surface area contributed by atoms with Crippen LogP contribution in [0.3, 0.4) is 0 Å². The van der Waals surface area contributed by atoms with Crippen LogP contribution in [0.2, 0.25) is 0 Å². The molecule has 7 rings (SSSR count). The van der Waals surface area contributed by atoms with Crippen LogP contribution in [-0.4, -0.2) is 18.3 Å². The fourth-order valence-corrected chi connectivity index (χ4v) is 5.82. The summed E-state index contributed by atoms with van der Waals surface area (Å²) < 4.78 is 26.2. The molecule has 4 aromatic carbocycles. The summed E-state index contributed by atoms with van der Waals surface area (Å²) >= 11 is 7.16. The third-order valence-electron chi connectivity index (χ3n) is 7.52. The van der Waals surface area contributed by atoms with Crippen molar-refractivity contribution in [1.29, 1.82) is 0 Å². The molecule has 2 aromatic heterocycles. The van der Waals surface area contributed by atoms with Gasteiger partial charge < -0.3 is 23.9 Å². The number of nitrogens with two attached hydrogens (primary N) is 1. The molecule has 1 aliphatic heterocycles. The highest BCUT2D eigenvalue weighted by Gasteiger charge is 2.52. The molecule has 0 radical (unpaired) electrons. The highest BCUT2D eigenvalue weighted by atomic mass is 79.9. The van der Waals surface area contributed by atoms with Crippen molar-refractivity contribution in [2.75, 3.05) is 5.73 Å². The minimum Gasteiger partial charge on any atom is -0.456 e. The number of nitrogen functional groups attached to an aromatic ring is 1. The average molecular weight is 635 g/mol. The second-order valence-electron chi connectivity index (χ2n) is 10.5. The van der Waals surface area contributed by atoms with Crippen molar-refractivity contribution in [3.8, 4) is 0 Å². The van der Waals surface area contributed by atoms with Gasteiger partial charge in [-0.3, -0.25) is 0 Å². The molecule has 1 aliphatic rings. The van der Waals surface area contributed by atoms with Crippen LogP contribution in [0.25, 0.3) is 43.9 Å². The van der Waals surface area contributed by atoms with Crippen molar-refractivity contribution >= 4 is 94.0 Å². The van der Waals surface area contributed by atoms with E-state index in [0.29, 0.717) is 5.69 Å². The summed E-state index contributed by atoms with van der Waals surface area (Å²) in [4.78, 5) is 0. The SMILES string of the molecule is CC1(C)OB(c2ccc(Br)c3c2oc2ccccc23)OC1(C)C.Nc1ccc(Br)c2c1oc1ccccc12. The first-order chi connectivity index (χ1) is 18.1. The molecule has 0 spiro atoms. The van der Waals surface area contributed by atoms with Crippen molar-refractivity contribution in [3.05, 3.63) is 81.7 Å². The number of anilines is 1. The van der Waals surface area contributed by atoms with Crippen LogP contribution in [0.1, 0.15) is 27.7 Å². The standard InChI is InChI=1S/C18H18BBrO3.C12H8BrNO/c1-17(2)18(3,4)23-19(22-17)12-9-10-13(20)15-11-7-5-6-8-14(11)21-16(12)15;13-8-5-6-9(14)12-11(8)7-3-1-2-4-10(7)15-12/h5-10H,1-4H3;1-6H,14H2. The molecule has 6 aromatic rings. The van der Waals surface area contributed by atoms with Crippen LogP contribution in [0, 0.1) is 0 Å². The molecule has 2 N–H and O–H groups in total. The fourth-order valence-electron chi connectivity index (χ4n) is 4.77. The molecule has 0 atom stereocenters. The Bertz CT molecular complexity index is 1820. The lowest BCUT2D eigenvalue weighted by Crippen LogP contribution is -2.41. The molecule has 8 heteroatoms. The van der Waals surface area contributed by atoms with E-state index >= 15 is 0 Å². The number of hydrogen-bond donors (Lipinski definition) is 1. The number of benzene rings is 4. The van der Waals surface area contributed by atoms with Gasteiger partial charge in [0.05, 0.1) is 16.9 Å². The first-order valence-electron chi connectivity index (χ1n) is 12.4. The van der Waals surface area contributed by atoms with E-state index in [0.717, 1.165) is 58.3 Å². The van der Waals surface area contributed by atoms with Gasteiger partial charge in [0.15, 0.2) is 5.58 Å². The summed E-state index contributed by atoms with van der Waals surface area (Å²) in [6, 6.07) is 23.8. The Morgan fingerprint density at radius 3 is 1.68 bits per heavy atom. The number of hydrogen-bond acceptors (Lipinski definition) is 5. The maximum absolute atomic E-state index is 6.20. The smallest absolute Gasteiger partial charge is 0.456 e. The molecule has 0 unspecified atom stereocenters. The third-order valence-corrected chi connectivity index (χ3v) is 8.84. The second kappa shape index (κ2) is 9.16. The Morgan fingerprint density at radius 2 is 1.11 bits per heavy atom. The van der Waals surface area contributed by atoms with E-state index < -0.39 is 7.12 Å². The van der Waals surface area contributed by atoms with Gasteiger partial charge in [0, 0.05) is 36.0 Å². The molecule has 5 nitrogen and oxygen atoms in total. The molecule has 0 aliphatic carbocycles. The maximum atomic E-state index is 6.20. The van der Waals surface area contributed by atoms with E-state index in [1.165, 1.54) is 0 Å². The van der Waals surface area contributed by atoms with Crippen LogP contribution in [-0.2, 0) is 9.31 Å². The highest BCUT2D eigenvalue weighted by molar-refractivity contribution is 9.11. The quantitative estimate of drug-likeness (QED) is 0.145. The Hall–Kier alpha value is -2.78. The van der Waals surface area contributed by atoms with Gasteiger partial charge in [-0.05, 0) is 58.0 Å². The van der Waals surface area contributed by atoms with Gasteiger partial charge in [-0.1, -0.05) is 74.3 Å². The minimum absolute atomic E-state index is 0.372. The highest BCUT2D eigenvalue weighted by Crippen LogP contribution is 2.39. The lowest BCUT2D eigenvalue weighted by atomic mass is 9.78. The molecule has 0 amide bonds. The zero-order valence-electron chi connectivity index (χ0n) is 21.5. The topological polar surface area (TPSA) is 70.8 Å². The summed E-state index contributed by atoms with van der Waals surface area (Å²) in [7, 11) is -0.434. The molecule has 3 heterocycles. The fraction of sp³-hybridized carbons (Fsp3) is 0.200. The van der Waals surface area contributed by atoms with Crippen molar-refractivity contribution in [1.82, 2.24) is 0 Å². The van der Waals surface area contributed by atoms with Crippen molar-refractivity contribution in [2.24, 2.45) is 0 Å². The Morgan fingerprint density at radius 1 is 0.632 bits per heavy atom. The Labute approximate surface area is 237 Å². The number of para-hydroxylation sites is 2. The number of furan rings is 2. The number of fused-ring (bicyclic) bond motifs is 6. The van der Waals surface area contributed by atoms with E-state index in [2.05, 4.69) is 65.6 Å². The molecule has 0 saturated carbocycles. The summed E-state index contributed by atoms with van der Waals surface area (Å²) in [5, 5.41) is 4.29. The zero-order chi connectivity index (χ0) is 26.8. The molecular formula is C30H26BBr2NO4. The summed E-state index contributed by atoms with van der Waals surface area (Å²) in [5.74, 6) is 0. The maximum Gasteiger partial charge on any atom is 0.498 e.